The third-order valence-electron chi connectivity index (χ3n) is 1.94. The summed E-state index contributed by atoms with van der Waals surface area (Å²) in [5, 5.41) is 5.50. The van der Waals surface area contributed by atoms with Crippen molar-refractivity contribution in [2.75, 3.05) is 22.1 Å². The Labute approximate surface area is 91.4 Å². The van der Waals surface area contributed by atoms with Crippen molar-refractivity contribution in [3.05, 3.63) is 24.3 Å². The summed E-state index contributed by atoms with van der Waals surface area (Å²) < 4.78 is 0. The summed E-state index contributed by atoms with van der Waals surface area (Å²) in [6.45, 7) is 0. The highest BCUT2D eigenvalue weighted by atomic mass is 32.2. The fraction of sp³-hybridized carbons (Fsp3) is 0.200. The molecule has 2 amide bonds. The topological polar surface area (TPSA) is 58.2 Å². The van der Waals surface area contributed by atoms with Gasteiger partial charge in [0.25, 0.3) is 0 Å². The molecule has 1 aromatic rings. The van der Waals surface area contributed by atoms with Gasteiger partial charge >= 0.3 is 0 Å². The molecule has 0 unspecified atom stereocenters. The molecule has 5 heteroatoms. The average Bonchev–Trinajstić information content (AvgIpc) is 2.26. The normalized spacial score (nSPS) is 16.5. The Morgan fingerprint density at radius 2 is 1.40 bits per heavy atom. The van der Waals surface area contributed by atoms with Crippen LogP contribution in [-0.4, -0.2) is 23.3 Å². The van der Waals surface area contributed by atoms with Crippen LogP contribution < -0.4 is 10.6 Å². The van der Waals surface area contributed by atoms with Gasteiger partial charge in [-0.3, -0.25) is 9.59 Å². The van der Waals surface area contributed by atoms with Crippen LogP contribution >= 0.6 is 11.8 Å². The quantitative estimate of drug-likeness (QED) is 0.696. The van der Waals surface area contributed by atoms with Crippen LogP contribution in [0.3, 0.4) is 0 Å². The molecule has 1 aliphatic rings. The number of hydrogen-bond acceptors (Lipinski definition) is 3. The van der Waals surface area contributed by atoms with Crippen molar-refractivity contribution in [3.8, 4) is 0 Å². The first-order valence-electron chi connectivity index (χ1n) is 4.52. The van der Waals surface area contributed by atoms with Gasteiger partial charge in [-0.2, -0.15) is 0 Å². The Morgan fingerprint density at radius 3 is 1.87 bits per heavy atom. The second-order valence-electron chi connectivity index (χ2n) is 3.13. The van der Waals surface area contributed by atoms with E-state index in [-0.39, 0.29) is 11.8 Å². The van der Waals surface area contributed by atoms with Gasteiger partial charge < -0.3 is 10.6 Å². The molecule has 0 aromatic heterocycles. The average molecular weight is 222 g/mol. The zero-order chi connectivity index (χ0) is 10.7. The lowest BCUT2D eigenvalue weighted by Crippen LogP contribution is -2.14. The maximum Gasteiger partial charge on any atom is 0.234 e. The molecule has 15 heavy (non-hydrogen) atoms. The first-order valence-corrected chi connectivity index (χ1v) is 5.67. The molecule has 0 fully saturated rings. The van der Waals surface area contributed by atoms with Gasteiger partial charge in [0.1, 0.15) is 0 Å². The van der Waals surface area contributed by atoms with Crippen molar-refractivity contribution >= 4 is 35.0 Å². The van der Waals surface area contributed by atoms with Crippen molar-refractivity contribution in [2.24, 2.45) is 0 Å². The second-order valence-corrected chi connectivity index (χ2v) is 4.12. The van der Waals surface area contributed by atoms with Gasteiger partial charge in [0.15, 0.2) is 0 Å². The number of thioether (sulfide) groups is 1. The van der Waals surface area contributed by atoms with E-state index in [1.807, 2.05) is 12.1 Å². The summed E-state index contributed by atoms with van der Waals surface area (Å²) in [5.41, 5.74) is 1.30. The molecule has 2 rings (SSSR count). The Kier molecular flexibility index (Phi) is 2.91. The molecule has 1 aromatic carbocycles. The number of benzene rings is 1. The fourth-order valence-electron chi connectivity index (χ4n) is 1.31. The molecule has 0 spiro atoms. The molecule has 0 saturated heterocycles. The van der Waals surface area contributed by atoms with E-state index in [0.717, 1.165) is 0 Å². The van der Waals surface area contributed by atoms with Gasteiger partial charge in [0.05, 0.1) is 22.9 Å². The number of carbonyl (C=O) groups is 2. The van der Waals surface area contributed by atoms with Crippen molar-refractivity contribution in [3.63, 3.8) is 0 Å². The van der Waals surface area contributed by atoms with Gasteiger partial charge in [-0.25, -0.2) is 0 Å². The summed E-state index contributed by atoms with van der Waals surface area (Å²) in [5.74, 6) is 0.455. The summed E-state index contributed by atoms with van der Waals surface area (Å²) in [4.78, 5) is 22.8. The fourth-order valence-corrected chi connectivity index (χ4v) is 1.93. The van der Waals surface area contributed by atoms with E-state index in [4.69, 9.17) is 0 Å². The number of hydrogen-bond donors (Lipinski definition) is 2. The second kappa shape index (κ2) is 4.35. The van der Waals surface area contributed by atoms with Crippen molar-refractivity contribution in [1.82, 2.24) is 0 Å². The van der Waals surface area contributed by atoms with Crippen molar-refractivity contribution < 1.29 is 9.59 Å². The van der Waals surface area contributed by atoms with Crippen molar-refractivity contribution in [1.29, 1.82) is 0 Å². The van der Waals surface area contributed by atoms with Crippen LogP contribution in [0.4, 0.5) is 11.4 Å². The number of para-hydroxylation sites is 2. The molecule has 0 radical (unpaired) electrons. The van der Waals surface area contributed by atoms with Crippen LogP contribution in [0.2, 0.25) is 0 Å². The Hall–Kier alpha value is -1.49. The summed E-state index contributed by atoms with van der Waals surface area (Å²) in [7, 11) is 0. The summed E-state index contributed by atoms with van der Waals surface area (Å²) in [6.07, 6.45) is 0. The number of carbonyl (C=O) groups excluding carboxylic acids is 2. The highest BCUT2D eigenvalue weighted by molar-refractivity contribution is 8.00. The first-order chi connectivity index (χ1) is 7.25. The molecule has 1 aliphatic heterocycles. The molecule has 0 bridgehead atoms. The van der Waals surface area contributed by atoms with E-state index < -0.39 is 0 Å². The zero-order valence-electron chi connectivity index (χ0n) is 7.95. The van der Waals surface area contributed by atoms with Crippen LogP contribution in [0.25, 0.3) is 0 Å². The molecule has 78 valence electrons. The third-order valence-corrected chi connectivity index (χ3v) is 2.87. The van der Waals surface area contributed by atoms with Gasteiger partial charge in [0.2, 0.25) is 11.8 Å². The number of anilines is 2. The van der Waals surface area contributed by atoms with Gasteiger partial charge in [-0.05, 0) is 12.1 Å². The van der Waals surface area contributed by atoms with E-state index >= 15 is 0 Å². The largest absolute Gasteiger partial charge is 0.324 e. The number of rotatable bonds is 0. The SMILES string of the molecule is O=C1CSCC(=O)Nc2ccccc2N1. The highest BCUT2D eigenvalue weighted by Crippen LogP contribution is 2.22. The van der Waals surface area contributed by atoms with E-state index in [9.17, 15) is 9.59 Å². The predicted octanol–water partition coefficient (Wildman–Crippen LogP) is 1.31. The minimum atomic E-state index is -0.0797. The predicted molar refractivity (Wildman–Crippen MR) is 61.0 cm³/mol. The van der Waals surface area contributed by atoms with Crippen LogP contribution in [0.15, 0.2) is 24.3 Å². The van der Waals surface area contributed by atoms with Gasteiger partial charge in [-0.1, -0.05) is 12.1 Å². The van der Waals surface area contributed by atoms with Crippen LogP contribution in [0.1, 0.15) is 0 Å². The van der Waals surface area contributed by atoms with Gasteiger partial charge in [-0.15, -0.1) is 11.8 Å². The standard InChI is InChI=1S/C10H10N2O2S/c13-9-5-15-6-10(14)12-8-4-2-1-3-7(8)11-9/h1-4H,5-6H2,(H,11,13)(H,12,14). The Morgan fingerprint density at radius 1 is 0.933 bits per heavy atom. The molecular weight excluding hydrogens is 212 g/mol. The van der Waals surface area contributed by atoms with Crippen LogP contribution in [0.5, 0.6) is 0 Å². The van der Waals surface area contributed by atoms with Crippen LogP contribution in [-0.2, 0) is 9.59 Å². The lowest BCUT2D eigenvalue weighted by molar-refractivity contribution is -0.114. The maximum absolute atomic E-state index is 11.4. The summed E-state index contributed by atoms with van der Waals surface area (Å²) in [6, 6.07) is 7.17. The Balaban J connectivity index is 2.32. The molecule has 2 N–H and O–H groups in total. The lowest BCUT2D eigenvalue weighted by Gasteiger charge is -2.08. The highest BCUT2D eigenvalue weighted by Gasteiger charge is 2.13. The maximum atomic E-state index is 11.4. The minimum absolute atomic E-state index is 0.0797. The Bertz CT molecular complexity index is 369. The number of fused-ring (bicyclic) bond motifs is 1. The zero-order valence-corrected chi connectivity index (χ0v) is 8.76. The molecule has 0 atom stereocenters. The van der Waals surface area contributed by atoms with Crippen LogP contribution in [0, 0.1) is 0 Å². The van der Waals surface area contributed by atoms with Gasteiger partial charge in [0, 0.05) is 0 Å². The van der Waals surface area contributed by atoms with E-state index in [2.05, 4.69) is 10.6 Å². The van der Waals surface area contributed by atoms with E-state index in [0.29, 0.717) is 22.9 Å². The minimum Gasteiger partial charge on any atom is -0.324 e. The van der Waals surface area contributed by atoms with Crippen molar-refractivity contribution in [2.45, 2.75) is 0 Å². The number of nitrogens with one attached hydrogen (secondary N) is 2. The molecule has 4 nitrogen and oxygen atoms in total. The lowest BCUT2D eigenvalue weighted by atomic mass is 10.2. The van der Waals surface area contributed by atoms with E-state index in [1.54, 1.807) is 12.1 Å². The molecule has 0 aliphatic carbocycles. The first kappa shape index (κ1) is 10.0. The molecule has 0 saturated carbocycles. The monoisotopic (exact) mass is 222 g/mol. The third kappa shape index (κ3) is 2.50. The molecule has 1 heterocycles. The number of amides is 2. The smallest absolute Gasteiger partial charge is 0.234 e. The summed E-state index contributed by atoms with van der Waals surface area (Å²) >= 11 is 1.31. The molecular formula is C10H10N2O2S. The van der Waals surface area contributed by atoms with E-state index in [1.165, 1.54) is 11.8 Å².